The van der Waals surface area contributed by atoms with Crippen LogP contribution in [-0.4, -0.2) is 33.5 Å². The zero-order valence-corrected chi connectivity index (χ0v) is 16.0. The van der Waals surface area contributed by atoms with Crippen molar-refractivity contribution in [3.63, 3.8) is 0 Å². The van der Waals surface area contributed by atoms with Crippen molar-refractivity contribution in [3.8, 4) is 5.75 Å². The summed E-state index contributed by atoms with van der Waals surface area (Å²) < 4.78 is 8.07. The molecule has 0 saturated carbocycles. The van der Waals surface area contributed by atoms with Crippen molar-refractivity contribution >= 4 is 28.5 Å². The van der Waals surface area contributed by atoms with Gasteiger partial charge in [-0.15, -0.1) is 0 Å². The smallest absolute Gasteiger partial charge is 0.220 e. The lowest BCUT2D eigenvalue weighted by Gasteiger charge is -2.24. The quantitative estimate of drug-likeness (QED) is 0.653. The Bertz CT molecular complexity index is 969. The standard InChI is InChI=1S/C21H22ClN3O2/c1-15(26)24-12-6-10-19(24)21-23-17-8-3-4-9-18(17)25(21)13-14-27-20-11-5-2-7-16(20)22/h2-5,7-9,11,19H,6,10,12-14H2,1H3. The van der Waals surface area contributed by atoms with Gasteiger partial charge in [0, 0.05) is 13.5 Å². The second-order valence-electron chi connectivity index (χ2n) is 6.76. The van der Waals surface area contributed by atoms with E-state index >= 15 is 0 Å². The van der Waals surface area contributed by atoms with E-state index in [-0.39, 0.29) is 11.9 Å². The SMILES string of the molecule is CC(=O)N1CCCC1c1nc2ccccc2n1CCOc1ccccc1Cl. The first-order chi connectivity index (χ1) is 13.1. The van der Waals surface area contributed by atoms with Crippen LogP contribution < -0.4 is 4.74 Å². The van der Waals surface area contributed by atoms with Crippen LogP contribution >= 0.6 is 11.6 Å². The van der Waals surface area contributed by atoms with Crippen LogP contribution in [0.15, 0.2) is 48.5 Å². The molecule has 0 radical (unpaired) electrons. The fourth-order valence-corrected chi connectivity index (χ4v) is 3.99. The van der Waals surface area contributed by atoms with Crippen LogP contribution in [-0.2, 0) is 11.3 Å². The van der Waals surface area contributed by atoms with Gasteiger partial charge in [0.25, 0.3) is 0 Å². The molecule has 1 amide bonds. The normalized spacial score (nSPS) is 16.8. The van der Waals surface area contributed by atoms with E-state index in [2.05, 4.69) is 10.6 Å². The van der Waals surface area contributed by atoms with Crippen LogP contribution in [0.2, 0.25) is 5.02 Å². The molecule has 5 nitrogen and oxygen atoms in total. The fraction of sp³-hybridized carbons (Fsp3) is 0.333. The molecule has 2 aromatic carbocycles. The molecule has 1 atom stereocenters. The zero-order valence-electron chi connectivity index (χ0n) is 15.3. The minimum atomic E-state index is 0.0233. The zero-order chi connectivity index (χ0) is 18.8. The van der Waals surface area contributed by atoms with Gasteiger partial charge in [-0.2, -0.15) is 0 Å². The molecule has 1 aliphatic rings. The van der Waals surface area contributed by atoms with E-state index in [1.165, 1.54) is 0 Å². The van der Waals surface area contributed by atoms with Crippen LogP contribution in [0.5, 0.6) is 5.75 Å². The van der Waals surface area contributed by atoms with Gasteiger partial charge in [0.05, 0.1) is 28.6 Å². The number of aromatic nitrogens is 2. The number of halogens is 1. The summed E-state index contributed by atoms with van der Waals surface area (Å²) in [6.07, 6.45) is 1.94. The van der Waals surface area contributed by atoms with Gasteiger partial charge in [-0.05, 0) is 37.1 Å². The highest BCUT2D eigenvalue weighted by molar-refractivity contribution is 6.32. The molecule has 2 heterocycles. The summed E-state index contributed by atoms with van der Waals surface area (Å²) in [5.74, 6) is 1.71. The summed E-state index contributed by atoms with van der Waals surface area (Å²) in [5.41, 5.74) is 2.01. The molecule has 6 heteroatoms. The third-order valence-electron chi connectivity index (χ3n) is 5.05. The number of benzene rings is 2. The average molecular weight is 384 g/mol. The second kappa shape index (κ2) is 7.61. The van der Waals surface area contributed by atoms with Crippen molar-refractivity contribution in [2.24, 2.45) is 0 Å². The van der Waals surface area contributed by atoms with Crippen molar-refractivity contribution in [2.75, 3.05) is 13.2 Å². The van der Waals surface area contributed by atoms with Gasteiger partial charge in [0.2, 0.25) is 5.91 Å². The fourth-order valence-electron chi connectivity index (χ4n) is 3.80. The third kappa shape index (κ3) is 3.52. The predicted octanol–water partition coefficient (Wildman–Crippen LogP) is 4.45. The summed E-state index contributed by atoms with van der Waals surface area (Å²) >= 11 is 6.18. The Morgan fingerprint density at radius 3 is 2.81 bits per heavy atom. The number of rotatable bonds is 5. The Hall–Kier alpha value is -2.53. The van der Waals surface area contributed by atoms with Gasteiger partial charge in [-0.25, -0.2) is 4.98 Å². The second-order valence-corrected chi connectivity index (χ2v) is 7.17. The largest absolute Gasteiger partial charge is 0.490 e. The van der Waals surface area contributed by atoms with E-state index in [4.69, 9.17) is 21.3 Å². The maximum absolute atomic E-state index is 12.0. The van der Waals surface area contributed by atoms with Crippen molar-refractivity contribution < 1.29 is 9.53 Å². The number of likely N-dealkylation sites (tertiary alicyclic amines) is 1. The maximum Gasteiger partial charge on any atom is 0.220 e. The lowest BCUT2D eigenvalue weighted by molar-refractivity contribution is -0.129. The average Bonchev–Trinajstić information content (AvgIpc) is 3.28. The Kier molecular flexibility index (Phi) is 5.03. The molecule has 1 fully saturated rings. The molecule has 0 bridgehead atoms. The summed E-state index contributed by atoms with van der Waals surface area (Å²) in [5, 5.41) is 0.603. The molecule has 0 N–H and O–H groups in total. The minimum Gasteiger partial charge on any atom is -0.490 e. The number of hydrogen-bond acceptors (Lipinski definition) is 3. The molecular formula is C21H22ClN3O2. The number of para-hydroxylation sites is 3. The summed E-state index contributed by atoms with van der Waals surface area (Å²) in [7, 11) is 0. The van der Waals surface area contributed by atoms with Crippen LogP contribution in [0.1, 0.15) is 31.6 Å². The number of imidazole rings is 1. The summed E-state index contributed by atoms with van der Waals surface area (Å²) in [6.45, 7) is 3.54. The molecule has 1 aliphatic heterocycles. The number of nitrogens with zero attached hydrogens (tertiary/aromatic N) is 3. The molecular weight excluding hydrogens is 362 g/mol. The summed E-state index contributed by atoms with van der Waals surface area (Å²) in [4.78, 5) is 18.8. The molecule has 1 aromatic heterocycles. The lowest BCUT2D eigenvalue weighted by Crippen LogP contribution is -2.30. The third-order valence-corrected chi connectivity index (χ3v) is 5.36. The molecule has 1 unspecified atom stereocenters. The van der Waals surface area contributed by atoms with Gasteiger partial charge in [0.1, 0.15) is 18.2 Å². The minimum absolute atomic E-state index is 0.0233. The number of carbonyl (C=O) groups is 1. The van der Waals surface area contributed by atoms with Crippen LogP contribution in [0.4, 0.5) is 0 Å². The van der Waals surface area contributed by atoms with Crippen LogP contribution in [0.25, 0.3) is 11.0 Å². The first-order valence-electron chi connectivity index (χ1n) is 9.25. The number of hydrogen-bond donors (Lipinski definition) is 0. The lowest BCUT2D eigenvalue weighted by atomic mass is 10.2. The van der Waals surface area contributed by atoms with Gasteiger partial charge < -0.3 is 14.2 Å². The molecule has 0 aliphatic carbocycles. The first kappa shape index (κ1) is 17.9. The topological polar surface area (TPSA) is 47.4 Å². The van der Waals surface area contributed by atoms with E-state index in [9.17, 15) is 4.79 Å². The number of fused-ring (bicyclic) bond motifs is 1. The Balaban J connectivity index is 1.62. The van der Waals surface area contributed by atoms with Gasteiger partial charge in [-0.1, -0.05) is 35.9 Å². The number of amides is 1. The van der Waals surface area contributed by atoms with Gasteiger partial charge >= 0.3 is 0 Å². The van der Waals surface area contributed by atoms with Gasteiger partial charge in [0.15, 0.2) is 0 Å². The van der Waals surface area contributed by atoms with Crippen molar-refractivity contribution in [3.05, 3.63) is 59.4 Å². The predicted molar refractivity (Wildman–Crippen MR) is 106 cm³/mol. The van der Waals surface area contributed by atoms with E-state index in [1.54, 1.807) is 6.92 Å². The molecule has 140 valence electrons. The van der Waals surface area contributed by atoms with Crippen LogP contribution in [0.3, 0.4) is 0 Å². The molecule has 27 heavy (non-hydrogen) atoms. The molecule has 4 rings (SSSR count). The van der Waals surface area contributed by atoms with Gasteiger partial charge in [-0.3, -0.25) is 4.79 Å². The Morgan fingerprint density at radius 1 is 1.22 bits per heavy atom. The van der Waals surface area contributed by atoms with Crippen molar-refractivity contribution in [2.45, 2.75) is 32.4 Å². The van der Waals surface area contributed by atoms with E-state index in [0.717, 1.165) is 36.2 Å². The van der Waals surface area contributed by atoms with E-state index in [1.807, 2.05) is 47.4 Å². The maximum atomic E-state index is 12.0. The van der Waals surface area contributed by atoms with Crippen LogP contribution in [0, 0.1) is 0 Å². The Labute approximate surface area is 163 Å². The first-order valence-corrected chi connectivity index (χ1v) is 9.62. The molecule has 1 saturated heterocycles. The highest BCUT2D eigenvalue weighted by Crippen LogP contribution is 2.33. The molecule has 0 spiro atoms. The van der Waals surface area contributed by atoms with E-state index < -0.39 is 0 Å². The summed E-state index contributed by atoms with van der Waals surface area (Å²) in [6, 6.07) is 15.6. The van der Waals surface area contributed by atoms with Crippen molar-refractivity contribution in [1.29, 1.82) is 0 Å². The number of ether oxygens (including phenoxy) is 1. The van der Waals surface area contributed by atoms with Crippen molar-refractivity contribution in [1.82, 2.24) is 14.5 Å². The molecule has 3 aromatic rings. The van der Waals surface area contributed by atoms with E-state index in [0.29, 0.717) is 23.9 Å². The highest BCUT2D eigenvalue weighted by atomic mass is 35.5. The Morgan fingerprint density at radius 2 is 2.00 bits per heavy atom. The highest BCUT2D eigenvalue weighted by Gasteiger charge is 2.32. The monoisotopic (exact) mass is 383 g/mol. The number of carbonyl (C=O) groups excluding carboxylic acids is 1.